The molecule has 2 nitrogen and oxygen atoms in total. The van der Waals surface area contributed by atoms with Crippen molar-refractivity contribution >= 4 is 5.78 Å². The van der Waals surface area contributed by atoms with Crippen LogP contribution in [-0.2, 0) is 11.2 Å². The summed E-state index contributed by atoms with van der Waals surface area (Å²) in [6, 6.07) is 10.1. The normalized spacial score (nSPS) is 12.9. The van der Waals surface area contributed by atoms with Crippen molar-refractivity contribution in [2.24, 2.45) is 0 Å². The van der Waals surface area contributed by atoms with E-state index in [1.165, 1.54) is 5.56 Å². The predicted molar refractivity (Wildman–Crippen MR) is 58.3 cm³/mol. The maximum absolute atomic E-state index is 11.3. The second-order valence-electron chi connectivity index (χ2n) is 3.78. The van der Waals surface area contributed by atoms with Crippen molar-refractivity contribution in [2.75, 3.05) is 14.1 Å². The van der Waals surface area contributed by atoms with Crippen molar-refractivity contribution in [3.05, 3.63) is 35.9 Å². The second-order valence-corrected chi connectivity index (χ2v) is 3.78. The molecular formula is C12H17NO. The summed E-state index contributed by atoms with van der Waals surface area (Å²) >= 11 is 0. The highest BCUT2D eigenvalue weighted by molar-refractivity contribution is 5.81. The Morgan fingerprint density at radius 2 is 1.86 bits per heavy atom. The van der Waals surface area contributed by atoms with E-state index in [2.05, 4.69) is 12.1 Å². The van der Waals surface area contributed by atoms with Gasteiger partial charge >= 0.3 is 0 Å². The average Bonchev–Trinajstić information content (AvgIpc) is 2.15. The van der Waals surface area contributed by atoms with Gasteiger partial charge in [0.25, 0.3) is 0 Å². The van der Waals surface area contributed by atoms with Crippen LogP contribution in [0.4, 0.5) is 0 Å². The zero-order valence-corrected chi connectivity index (χ0v) is 9.03. The number of hydrogen-bond donors (Lipinski definition) is 0. The first kappa shape index (κ1) is 10.9. The second kappa shape index (κ2) is 4.91. The number of carbonyl (C=O) groups is 1. The number of carbonyl (C=O) groups excluding carboxylic acids is 1. The number of likely N-dealkylation sites (N-methyl/N-ethyl adjacent to an activating group) is 1. The first-order chi connectivity index (χ1) is 6.61. The number of ketones is 1. The van der Waals surface area contributed by atoms with Crippen LogP contribution in [0.3, 0.4) is 0 Å². The van der Waals surface area contributed by atoms with Crippen molar-refractivity contribution in [1.29, 1.82) is 0 Å². The van der Waals surface area contributed by atoms with Crippen molar-refractivity contribution in [2.45, 2.75) is 19.4 Å². The molecule has 0 amide bonds. The smallest absolute Gasteiger partial charge is 0.147 e. The Balaban J connectivity index is 2.70. The van der Waals surface area contributed by atoms with Gasteiger partial charge in [-0.05, 0) is 33.0 Å². The fraction of sp³-hybridized carbons (Fsp3) is 0.417. The standard InChI is InChI=1S/C12H17NO/c1-10(14)12(13(2)3)9-11-7-5-4-6-8-11/h4-8,12H,9H2,1-3H3/t12-/m1/s1. The highest BCUT2D eigenvalue weighted by atomic mass is 16.1. The molecule has 1 aromatic rings. The summed E-state index contributed by atoms with van der Waals surface area (Å²) in [5.74, 6) is 0.221. The fourth-order valence-corrected chi connectivity index (χ4v) is 1.53. The van der Waals surface area contributed by atoms with E-state index in [4.69, 9.17) is 0 Å². The molecule has 0 aliphatic carbocycles. The molecule has 2 heteroatoms. The predicted octanol–water partition coefficient (Wildman–Crippen LogP) is 1.75. The minimum atomic E-state index is -0.00241. The lowest BCUT2D eigenvalue weighted by Gasteiger charge is -2.21. The summed E-state index contributed by atoms with van der Waals surface area (Å²) in [5, 5.41) is 0. The van der Waals surface area contributed by atoms with Gasteiger partial charge in [0.15, 0.2) is 0 Å². The van der Waals surface area contributed by atoms with Crippen LogP contribution in [0.25, 0.3) is 0 Å². The molecule has 0 aliphatic rings. The van der Waals surface area contributed by atoms with Gasteiger partial charge in [0.05, 0.1) is 6.04 Å². The maximum atomic E-state index is 11.3. The average molecular weight is 191 g/mol. The van der Waals surface area contributed by atoms with E-state index in [1.54, 1.807) is 6.92 Å². The molecule has 0 unspecified atom stereocenters. The van der Waals surface area contributed by atoms with Gasteiger partial charge in [-0.3, -0.25) is 9.69 Å². The van der Waals surface area contributed by atoms with Crippen LogP contribution >= 0.6 is 0 Å². The molecule has 0 saturated heterocycles. The largest absolute Gasteiger partial charge is 0.299 e. The van der Waals surface area contributed by atoms with Crippen LogP contribution in [0.1, 0.15) is 12.5 Å². The van der Waals surface area contributed by atoms with Crippen LogP contribution in [0.15, 0.2) is 30.3 Å². The Bertz CT molecular complexity index is 292. The van der Waals surface area contributed by atoms with E-state index in [0.29, 0.717) is 0 Å². The SMILES string of the molecule is CC(=O)[C@@H](Cc1ccccc1)N(C)C. The summed E-state index contributed by atoms with van der Waals surface area (Å²) in [5.41, 5.74) is 1.21. The molecule has 0 saturated carbocycles. The molecule has 0 spiro atoms. The molecule has 1 atom stereocenters. The Morgan fingerprint density at radius 1 is 1.29 bits per heavy atom. The molecule has 0 N–H and O–H groups in total. The summed E-state index contributed by atoms with van der Waals surface area (Å²) in [7, 11) is 3.88. The van der Waals surface area contributed by atoms with Crippen molar-refractivity contribution in [3.63, 3.8) is 0 Å². The van der Waals surface area contributed by atoms with Gasteiger partial charge in [0.1, 0.15) is 5.78 Å². The number of hydrogen-bond acceptors (Lipinski definition) is 2. The van der Waals surface area contributed by atoms with Crippen molar-refractivity contribution < 1.29 is 4.79 Å². The zero-order valence-electron chi connectivity index (χ0n) is 9.03. The van der Waals surface area contributed by atoms with E-state index in [-0.39, 0.29) is 11.8 Å². The van der Waals surface area contributed by atoms with Gasteiger partial charge in [-0.15, -0.1) is 0 Å². The van der Waals surface area contributed by atoms with Gasteiger partial charge in [-0.25, -0.2) is 0 Å². The number of benzene rings is 1. The molecule has 0 fully saturated rings. The first-order valence-electron chi connectivity index (χ1n) is 4.82. The topological polar surface area (TPSA) is 20.3 Å². The van der Waals surface area contributed by atoms with Crippen LogP contribution in [0, 0.1) is 0 Å². The number of rotatable bonds is 4. The summed E-state index contributed by atoms with van der Waals surface area (Å²) < 4.78 is 0. The van der Waals surface area contributed by atoms with E-state index in [9.17, 15) is 4.79 Å². The monoisotopic (exact) mass is 191 g/mol. The molecule has 0 heterocycles. The van der Waals surface area contributed by atoms with E-state index < -0.39 is 0 Å². The summed E-state index contributed by atoms with van der Waals surface area (Å²) in [4.78, 5) is 13.3. The Labute approximate surface area is 85.5 Å². The molecule has 0 bridgehead atoms. The third kappa shape index (κ3) is 2.96. The maximum Gasteiger partial charge on any atom is 0.147 e. The Morgan fingerprint density at radius 3 is 2.29 bits per heavy atom. The first-order valence-corrected chi connectivity index (χ1v) is 4.82. The van der Waals surface area contributed by atoms with Crippen LogP contribution in [0.5, 0.6) is 0 Å². The third-order valence-corrected chi connectivity index (χ3v) is 2.36. The van der Waals surface area contributed by atoms with Crippen molar-refractivity contribution in [3.8, 4) is 0 Å². The van der Waals surface area contributed by atoms with Gasteiger partial charge in [0.2, 0.25) is 0 Å². The number of nitrogens with zero attached hydrogens (tertiary/aromatic N) is 1. The molecular weight excluding hydrogens is 174 g/mol. The van der Waals surface area contributed by atoms with E-state index >= 15 is 0 Å². The molecule has 1 rings (SSSR count). The minimum absolute atomic E-state index is 0.00241. The van der Waals surface area contributed by atoms with Crippen LogP contribution in [0.2, 0.25) is 0 Å². The van der Waals surface area contributed by atoms with Gasteiger partial charge in [-0.2, -0.15) is 0 Å². The molecule has 0 aliphatic heterocycles. The molecule has 1 aromatic carbocycles. The number of Topliss-reactive ketones (excluding diaryl/α,β-unsaturated/α-hetero) is 1. The lowest BCUT2D eigenvalue weighted by Crippen LogP contribution is -2.36. The Kier molecular flexibility index (Phi) is 3.84. The Hall–Kier alpha value is -1.15. The minimum Gasteiger partial charge on any atom is -0.299 e. The third-order valence-electron chi connectivity index (χ3n) is 2.36. The van der Waals surface area contributed by atoms with Gasteiger partial charge in [0, 0.05) is 0 Å². The molecule has 0 aromatic heterocycles. The van der Waals surface area contributed by atoms with Gasteiger partial charge in [-0.1, -0.05) is 30.3 Å². The summed E-state index contributed by atoms with van der Waals surface area (Å²) in [6.07, 6.45) is 0.795. The van der Waals surface area contributed by atoms with E-state index in [0.717, 1.165) is 6.42 Å². The van der Waals surface area contributed by atoms with Crippen LogP contribution < -0.4 is 0 Å². The van der Waals surface area contributed by atoms with Crippen LogP contribution in [-0.4, -0.2) is 30.8 Å². The highest BCUT2D eigenvalue weighted by Gasteiger charge is 2.16. The quantitative estimate of drug-likeness (QED) is 0.722. The van der Waals surface area contributed by atoms with Crippen molar-refractivity contribution in [1.82, 2.24) is 4.90 Å². The molecule has 0 radical (unpaired) electrons. The highest BCUT2D eigenvalue weighted by Crippen LogP contribution is 2.07. The lowest BCUT2D eigenvalue weighted by atomic mass is 10.0. The zero-order chi connectivity index (χ0) is 10.6. The lowest BCUT2D eigenvalue weighted by molar-refractivity contribution is -0.121. The van der Waals surface area contributed by atoms with Gasteiger partial charge < -0.3 is 0 Å². The molecule has 14 heavy (non-hydrogen) atoms. The fourth-order valence-electron chi connectivity index (χ4n) is 1.53. The summed E-state index contributed by atoms with van der Waals surface area (Å²) in [6.45, 7) is 1.65. The molecule has 76 valence electrons. The van der Waals surface area contributed by atoms with E-state index in [1.807, 2.05) is 37.2 Å².